The topological polar surface area (TPSA) is 26.0 Å². The zero-order valence-electron chi connectivity index (χ0n) is 14.5. The molecule has 0 unspecified atom stereocenters. The predicted octanol–water partition coefficient (Wildman–Crippen LogP) is 3.62. The number of anilines is 1. The summed E-state index contributed by atoms with van der Waals surface area (Å²) in [7, 11) is -2.41. The normalized spacial score (nSPS) is 11.8. The summed E-state index contributed by atoms with van der Waals surface area (Å²) in [5, 5.41) is 5.40. The van der Waals surface area contributed by atoms with Crippen LogP contribution in [0.15, 0.2) is 115 Å². The quantitative estimate of drug-likeness (QED) is 0.439. The molecule has 0 aromatic heterocycles. The van der Waals surface area contributed by atoms with Crippen molar-refractivity contribution in [2.24, 2.45) is 0 Å². The van der Waals surface area contributed by atoms with Crippen LogP contribution in [-0.2, 0) is 0 Å². The molecule has 4 aromatic rings. The van der Waals surface area contributed by atoms with E-state index in [-0.39, 0.29) is 0 Å². The molecular formula is C24H22NP. The van der Waals surface area contributed by atoms with Crippen molar-refractivity contribution in [3.8, 4) is 0 Å². The Bertz CT molecular complexity index is 885. The second-order valence-electron chi connectivity index (χ2n) is 6.47. The van der Waals surface area contributed by atoms with Gasteiger partial charge in [-0.25, -0.2) is 0 Å². The van der Waals surface area contributed by atoms with E-state index in [2.05, 4.69) is 109 Å². The van der Waals surface area contributed by atoms with Gasteiger partial charge in [0.1, 0.15) is 0 Å². The molecule has 0 amide bonds. The van der Waals surface area contributed by atoms with Crippen LogP contribution in [-0.4, -0.2) is 0 Å². The third kappa shape index (κ3) is 2.81. The van der Waals surface area contributed by atoms with Gasteiger partial charge in [-0.1, -0.05) is 0 Å². The van der Waals surface area contributed by atoms with Crippen LogP contribution in [0.4, 0.5) is 5.69 Å². The number of nitrogens with two attached hydrogens (primary N) is 1. The van der Waals surface area contributed by atoms with Gasteiger partial charge in [0.15, 0.2) is 0 Å². The van der Waals surface area contributed by atoms with Crippen molar-refractivity contribution in [2.45, 2.75) is 0 Å². The molecule has 0 saturated heterocycles. The van der Waals surface area contributed by atoms with Crippen LogP contribution in [0, 0.1) is 0 Å². The van der Waals surface area contributed by atoms with Gasteiger partial charge in [0, 0.05) is 0 Å². The van der Waals surface area contributed by atoms with E-state index in [0.717, 1.165) is 5.69 Å². The maximum atomic E-state index is 6.21. The molecule has 0 saturated carbocycles. The summed E-state index contributed by atoms with van der Waals surface area (Å²) >= 11 is 0. The van der Waals surface area contributed by atoms with E-state index in [9.17, 15) is 0 Å². The number of rotatable bonds is 4. The van der Waals surface area contributed by atoms with Gasteiger partial charge in [-0.3, -0.25) is 0 Å². The van der Waals surface area contributed by atoms with Gasteiger partial charge in [0.05, 0.1) is 0 Å². The second-order valence-corrected chi connectivity index (χ2v) is 10.3. The monoisotopic (exact) mass is 355 g/mol. The molecule has 4 aromatic carbocycles. The summed E-state index contributed by atoms with van der Waals surface area (Å²) in [6.45, 7) is 0. The van der Waals surface area contributed by atoms with E-state index in [4.69, 9.17) is 5.73 Å². The molecule has 2 heteroatoms. The van der Waals surface area contributed by atoms with Gasteiger partial charge in [-0.05, 0) is 0 Å². The van der Waals surface area contributed by atoms with Crippen molar-refractivity contribution >= 4 is 34.2 Å². The molecule has 0 bridgehead atoms. The number of benzene rings is 4. The molecule has 26 heavy (non-hydrogen) atoms. The maximum absolute atomic E-state index is 6.21. The minimum absolute atomic E-state index is 0.808. The van der Waals surface area contributed by atoms with Crippen molar-refractivity contribution in [1.29, 1.82) is 0 Å². The Hall–Kier alpha value is -2.89. The average Bonchev–Trinajstić information content (AvgIpc) is 2.71. The van der Waals surface area contributed by atoms with Gasteiger partial charge >= 0.3 is 155 Å². The Morgan fingerprint density at radius 2 is 0.808 bits per heavy atom. The Morgan fingerprint density at radius 3 is 1.19 bits per heavy atom. The molecule has 0 radical (unpaired) electrons. The summed E-state index contributed by atoms with van der Waals surface area (Å²) < 4.78 is 0. The van der Waals surface area contributed by atoms with E-state index >= 15 is 0 Å². The first kappa shape index (κ1) is 16.6. The van der Waals surface area contributed by atoms with Gasteiger partial charge < -0.3 is 0 Å². The number of hydrogen-bond acceptors (Lipinski definition) is 1. The second kappa shape index (κ2) is 7.15. The van der Waals surface area contributed by atoms with Crippen LogP contribution in [0.2, 0.25) is 0 Å². The Kier molecular flexibility index (Phi) is 4.56. The van der Waals surface area contributed by atoms with Crippen molar-refractivity contribution < 1.29 is 0 Å². The minimum atomic E-state index is -2.41. The standard InChI is InChI=1S/C24H22NP/c25-20-11-10-18-24(19-20)26(21-12-4-1-5-13-21,22-14-6-2-7-15-22)23-16-8-3-9-17-23/h1-19,26H,25H2. The van der Waals surface area contributed by atoms with Crippen molar-refractivity contribution in [1.82, 2.24) is 0 Å². The molecule has 128 valence electrons. The zero-order valence-corrected chi connectivity index (χ0v) is 15.5. The molecule has 4 rings (SSSR count). The first-order chi connectivity index (χ1) is 12.8. The van der Waals surface area contributed by atoms with E-state index in [1.54, 1.807) is 0 Å². The van der Waals surface area contributed by atoms with Crippen LogP contribution < -0.4 is 27.0 Å². The molecule has 2 N–H and O–H groups in total. The fourth-order valence-electron chi connectivity index (χ4n) is 3.84. The van der Waals surface area contributed by atoms with Crippen LogP contribution in [0.1, 0.15) is 0 Å². The van der Waals surface area contributed by atoms with Crippen molar-refractivity contribution in [3.63, 3.8) is 0 Å². The molecule has 1 nitrogen and oxygen atoms in total. The molecular weight excluding hydrogens is 333 g/mol. The molecule has 0 fully saturated rings. The SMILES string of the molecule is Nc1cccc([PH](c2ccccc2)(c2ccccc2)c2ccccc2)c1. The fourth-order valence-corrected chi connectivity index (χ4v) is 8.64. The first-order valence-electron chi connectivity index (χ1n) is 8.84. The van der Waals surface area contributed by atoms with E-state index < -0.39 is 7.26 Å². The zero-order chi connectivity index (χ0) is 17.8. The number of hydrogen-bond donors (Lipinski definition) is 1. The van der Waals surface area contributed by atoms with E-state index in [1.807, 2.05) is 6.07 Å². The third-order valence-electron chi connectivity index (χ3n) is 4.94. The van der Waals surface area contributed by atoms with Gasteiger partial charge in [0.2, 0.25) is 0 Å². The van der Waals surface area contributed by atoms with Crippen molar-refractivity contribution in [2.75, 3.05) is 5.73 Å². The third-order valence-corrected chi connectivity index (χ3v) is 9.72. The molecule has 0 aliphatic rings. The summed E-state index contributed by atoms with van der Waals surface area (Å²) in [5.74, 6) is 0. The van der Waals surface area contributed by atoms with E-state index in [1.165, 1.54) is 21.2 Å². The molecule has 0 aliphatic heterocycles. The average molecular weight is 355 g/mol. The van der Waals surface area contributed by atoms with Crippen LogP contribution in [0.25, 0.3) is 0 Å². The summed E-state index contributed by atoms with van der Waals surface area (Å²) in [6, 6.07) is 41.0. The first-order valence-corrected chi connectivity index (χ1v) is 10.8. The molecule has 0 atom stereocenters. The van der Waals surface area contributed by atoms with Crippen molar-refractivity contribution in [3.05, 3.63) is 115 Å². The summed E-state index contributed by atoms with van der Waals surface area (Å²) in [5.41, 5.74) is 7.02. The Morgan fingerprint density at radius 1 is 0.423 bits per heavy atom. The van der Waals surface area contributed by atoms with Crippen LogP contribution in [0.5, 0.6) is 0 Å². The van der Waals surface area contributed by atoms with Crippen LogP contribution in [0.3, 0.4) is 0 Å². The van der Waals surface area contributed by atoms with Gasteiger partial charge in [0.25, 0.3) is 0 Å². The summed E-state index contributed by atoms with van der Waals surface area (Å²) in [4.78, 5) is 0. The Labute approximate surface area is 155 Å². The van der Waals surface area contributed by atoms with Gasteiger partial charge in [-0.15, -0.1) is 0 Å². The molecule has 0 heterocycles. The summed E-state index contributed by atoms with van der Waals surface area (Å²) in [6.07, 6.45) is 0. The molecule has 0 aliphatic carbocycles. The number of nitrogen functional groups attached to an aromatic ring is 1. The molecule has 0 spiro atoms. The van der Waals surface area contributed by atoms with Crippen LogP contribution >= 0.6 is 7.26 Å². The van der Waals surface area contributed by atoms with Gasteiger partial charge in [-0.2, -0.15) is 0 Å². The predicted molar refractivity (Wildman–Crippen MR) is 117 cm³/mol. The van der Waals surface area contributed by atoms with E-state index in [0.29, 0.717) is 0 Å². The fraction of sp³-hybridized carbons (Fsp3) is 0. The Balaban J connectivity index is 2.14.